The minimum absolute atomic E-state index is 0.235. The van der Waals surface area contributed by atoms with Gasteiger partial charge in [-0.1, -0.05) is 30.3 Å². The van der Waals surface area contributed by atoms with Crippen molar-refractivity contribution in [2.24, 2.45) is 5.10 Å². The molecule has 0 aliphatic carbocycles. The maximum atomic E-state index is 12.2. The molecule has 7 nitrogen and oxygen atoms in total. The molecule has 0 N–H and O–H groups in total. The number of methoxy groups -OCH3 is 1. The largest absolute Gasteiger partial charge is 0.493 e. The van der Waals surface area contributed by atoms with Gasteiger partial charge in [0.15, 0.2) is 11.5 Å². The zero-order chi connectivity index (χ0) is 20.9. The number of nitrogens with zero attached hydrogens (tertiary/aromatic N) is 3. The van der Waals surface area contributed by atoms with Crippen LogP contribution in [0.3, 0.4) is 0 Å². The van der Waals surface area contributed by atoms with Crippen LogP contribution in [0.4, 0.5) is 0 Å². The van der Waals surface area contributed by atoms with Crippen molar-refractivity contribution in [2.75, 3.05) is 7.11 Å². The van der Waals surface area contributed by atoms with Crippen molar-refractivity contribution >= 4 is 11.8 Å². The molecule has 30 heavy (non-hydrogen) atoms. The van der Waals surface area contributed by atoms with Crippen LogP contribution < -0.4 is 9.47 Å². The normalized spacial score (nSPS) is 15.3. The van der Waals surface area contributed by atoms with Crippen molar-refractivity contribution in [1.82, 2.24) is 9.99 Å². The number of rotatable bonds is 6. The number of benzene rings is 2. The Morgan fingerprint density at radius 1 is 1.10 bits per heavy atom. The third-order valence-corrected chi connectivity index (χ3v) is 4.59. The first kappa shape index (κ1) is 19.4. The molecule has 1 unspecified atom stereocenters. The zero-order valence-corrected chi connectivity index (χ0v) is 16.7. The Morgan fingerprint density at radius 2 is 1.93 bits per heavy atom. The first-order valence-electron chi connectivity index (χ1n) is 9.46. The zero-order valence-electron chi connectivity index (χ0n) is 16.7. The molecule has 1 atom stereocenters. The molecule has 0 fully saturated rings. The van der Waals surface area contributed by atoms with E-state index >= 15 is 0 Å². The van der Waals surface area contributed by atoms with Crippen LogP contribution >= 0.6 is 0 Å². The Kier molecular flexibility index (Phi) is 5.61. The third-order valence-electron chi connectivity index (χ3n) is 4.59. The Labute approximate surface area is 174 Å². The van der Waals surface area contributed by atoms with Gasteiger partial charge in [0.05, 0.1) is 12.7 Å². The SMILES string of the molecule is COc1ccc(C2OC(c3cccnc3)=NN2C(C)=O)cc1OCc1ccccc1. The minimum Gasteiger partial charge on any atom is -0.493 e. The van der Waals surface area contributed by atoms with Crippen molar-refractivity contribution in [1.29, 1.82) is 0 Å². The predicted octanol–water partition coefficient (Wildman–Crippen LogP) is 3.91. The van der Waals surface area contributed by atoms with Gasteiger partial charge in [-0.15, -0.1) is 5.10 Å². The Morgan fingerprint density at radius 3 is 2.63 bits per heavy atom. The predicted molar refractivity (Wildman–Crippen MR) is 111 cm³/mol. The number of ether oxygens (including phenoxy) is 3. The van der Waals surface area contributed by atoms with Crippen LogP contribution in [-0.2, 0) is 16.1 Å². The molecule has 0 bridgehead atoms. The number of hydrogen-bond donors (Lipinski definition) is 0. The van der Waals surface area contributed by atoms with E-state index in [1.807, 2.05) is 48.5 Å². The van der Waals surface area contributed by atoms with Gasteiger partial charge < -0.3 is 14.2 Å². The molecule has 0 saturated carbocycles. The fourth-order valence-electron chi connectivity index (χ4n) is 3.08. The lowest BCUT2D eigenvalue weighted by atomic mass is 10.1. The van der Waals surface area contributed by atoms with Gasteiger partial charge in [0.25, 0.3) is 0 Å². The molecular weight excluding hydrogens is 382 g/mol. The van der Waals surface area contributed by atoms with Crippen LogP contribution in [0, 0.1) is 0 Å². The van der Waals surface area contributed by atoms with E-state index in [2.05, 4.69) is 10.1 Å². The molecule has 4 rings (SSSR count). The summed E-state index contributed by atoms with van der Waals surface area (Å²) in [6.45, 7) is 1.84. The second kappa shape index (κ2) is 8.65. The number of pyridine rings is 1. The van der Waals surface area contributed by atoms with Crippen LogP contribution in [0.2, 0.25) is 0 Å². The van der Waals surface area contributed by atoms with Crippen LogP contribution in [0.1, 0.15) is 29.8 Å². The lowest BCUT2D eigenvalue weighted by Crippen LogP contribution is -2.25. The Hall–Kier alpha value is -3.87. The van der Waals surface area contributed by atoms with Gasteiger partial charge in [0.2, 0.25) is 18.0 Å². The summed E-state index contributed by atoms with van der Waals surface area (Å²) in [6.07, 6.45) is 2.60. The summed E-state index contributed by atoms with van der Waals surface area (Å²) >= 11 is 0. The summed E-state index contributed by atoms with van der Waals surface area (Å²) in [4.78, 5) is 16.3. The van der Waals surface area contributed by atoms with Crippen LogP contribution in [0.25, 0.3) is 0 Å². The Bertz CT molecular complexity index is 1050. The molecule has 1 aliphatic heterocycles. The first-order chi connectivity index (χ1) is 14.7. The summed E-state index contributed by atoms with van der Waals surface area (Å²) in [5, 5.41) is 5.66. The van der Waals surface area contributed by atoms with Crippen molar-refractivity contribution in [2.45, 2.75) is 19.8 Å². The lowest BCUT2D eigenvalue weighted by Gasteiger charge is -2.21. The summed E-state index contributed by atoms with van der Waals surface area (Å²) in [5.74, 6) is 1.25. The minimum atomic E-state index is -0.706. The highest BCUT2D eigenvalue weighted by atomic mass is 16.5. The maximum absolute atomic E-state index is 12.2. The quantitative estimate of drug-likeness (QED) is 0.624. The first-order valence-corrected chi connectivity index (χ1v) is 9.46. The summed E-state index contributed by atoms with van der Waals surface area (Å²) in [7, 11) is 1.59. The van der Waals surface area contributed by atoms with E-state index in [1.54, 1.807) is 31.6 Å². The number of hydrogen-bond acceptors (Lipinski definition) is 6. The highest BCUT2D eigenvalue weighted by molar-refractivity contribution is 5.96. The van der Waals surface area contributed by atoms with Crippen LogP contribution in [-0.4, -0.2) is 28.9 Å². The van der Waals surface area contributed by atoms with E-state index in [0.29, 0.717) is 29.6 Å². The maximum Gasteiger partial charge on any atom is 0.243 e. The Balaban J connectivity index is 1.60. The topological polar surface area (TPSA) is 73.3 Å². The third kappa shape index (κ3) is 4.10. The molecule has 1 aromatic heterocycles. The second-order valence-electron chi connectivity index (χ2n) is 6.67. The van der Waals surface area contributed by atoms with Gasteiger partial charge in [-0.05, 0) is 35.9 Å². The summed E-state index contributed by atoms with van der Waals surface area (Å²) < 4.78 is 17.4. The van der Waals surface area contributed by atoms with E-state index in [9.17, 15) is 4.79 Å². The molecule has 1 aliphatic rings. The van der Waals surface area contributed by atoms with Crippen molar-refractivity contribution < 1.29 is 19.0 Å². The molecule has 152 valence electrons. The van der Waals surface area contributed by atoms with Gasteiger partial charge in [0.1, 0.15) is 6.61 Å². The summed E-state index contributed by atoms with van der Waals surface area (Å²) in [6, 6.07) is 18.9. The van der Waals surface area contributed by atoms with E-state index in [1.165, 1.54) is 11.9 Å². The number of carbonyl (C=O) groups is 1. The van der Waals surface area contributed by atoms with Crippen molar-refractivity contribution in [3.8, 4) is 11.5 Å². The highest BCUT2D eigenvalue weighted by Crippen LogP contribution is 2.36. The lowest BCUT2D eigenvalue weighted by molar-refractivity contribution is -0.135. The van der Waals surface area contributed by atoms with E-state index in [0.717, 1.165) is 11.1 Å². The van der Waals surface area contributed by atoms with E-state index < -0.39 is 6.23 Å². The van der Waals surface area contributed by atoms with Gasteiger partial charge >= 0.3 is 0 Å². The van der Waals surface area contributed by atoms with Gasteiger partial charge in [-0.25, -0.2) is 0 Å². The van der Waals surface area contributed by atoms with Gasteiger partial charge in [-0.2, -0.15) is 5.01 Å². The summed E-state index contributed by atoms with van der Waals surface area (Å²) in [5.41, 5.74) is 2.45. The monoisotopic (exact) mass is 403 g/mol. The van der Waals surface area contributed by atoms with E-state index in [4.69, 9.17) is 14.2 Å². The average Bonchev–Trinajstić information content (AvgIpc) is 3.25. The molecule has 3 aromatic rings. The van der Waals surface area contributed by atoms with Crippen molar-refractivity contribution in [3.05, 3.63) is 89.7 Å². The highest BCUT2D eigenvalue weighted by Gasteiger charge is 2.33. The van der Waals surface area contributed by atoms with Crippen LogP contribution in [0.5, 0.6) is 11.5 Å². The van der Waals surface area contributed by atoms with E-state index in [-0.39, 0.29) is 5.91 Å². The molecule has 2 aromatic carbocycles. The molecular formula is C23H21N3O4. The number of hydrazone groups is 1. The fraction of sp³-hybridized carbons (Fsp3) is 0.174. The van der Waals surface area contributed by atoms with Gasteiger partial charge in [0, 0.05) is 24.9 Å². The number of aromatic nitrogens is 1. The number of carbonyl (C=O) groups excluding carboxylic acids is 1. The number of amides is 1. The molecule has 2 heterocycles. The molecule has 0 radical (unpaired) electrons. The molecule has 0 spiro atoms. The smallest absolute Gasteiger partial charge is 0.243 e. The standard InChI is InChI=1S/C23H21N3O4/c1-16(27)26-23(30-22(25-26)19-9-6-12-24-14-19)18-10-11-20(28-2)21(13-18)29-15-17-7-4-3-5-8-17/h3-14,23H,15H2,1-2H3. The van der Waals surface area contributed by atoms with Crippen molar-refractivity contribution in [3.63, 3.8) is 0 Å². The molecule has 0 saturated heterocycles. The van der Waals surface area contributed by atoms with Crippen LogP contribution in [0.15, 0.2) is 78.2 Å². The molecule has 1 amide bonds. The fourth-order valence-corrected chi connectivity index (χ4v) is 3.08. The molecule has 7 heteroatoms. The second-order valence-corrected chi connectivity index (χ2v) is 6.67. The average molecular weight is 403 g/mol. The van der Waals surface area contributed by atoms with Gasteiger partial charge in [-0.3, -0.25) is 9.78 Å².